The summed E-state index contributed by atoms with van der Waals surface area (Å²) in [6.45, 7) is 0. The standard InChI is InChI=1S/C26H21O2/c27-28-26(23-17-9-3-10-18-23,24-19-11-4-12-20-24)25(21-13-5-1-6-14-21)22-15-7-2-8-16-22/h1-20,25H. The predicted molar refractivity (Wildman–Crippen MR) is 110 cm³/mol. The maximum Gasteiger partial charge on any atom is 0.167 e. The Morgan fingerprint density at radius 2 is 0.821 bits per heavy atom. The minimum Gasteiger partial charge on any atom is -0.186 e. The molecule has 2 nitrogen and oxygen atoms in total. The fraction of sp³-hybridized carbons (Fsp3) is 0.0769. The molecule has 137 valence electrons. The summed E-state index contributed by atoms with van der Waals surface area (Å²) in [5.41, 5.74) is 2.50. The smallest absolute Gasteiger partial charge is 0.167 e. The average Bonchev–Trinajstić information content (AvgIpc) is 2.80. The van der Waals surface area contributed by atoms with E-state index in [1.807, 2.05) is 97.1 Å². The van der Waals surface area contributed by atoms with Gasteiger partial charge in [0.1, 0.15) is 0 Å². The topological polar surface area (TPSA) is 29.1 Å². The third-order valence-corrected chi connectivity index (χ3v) is 5.21. The van der Waals surface area contributed by atoms with Crippen molar-refractivity contribution in [1.29, 1.82) is 0 Å². The van der Waals surface area contributed by atoms with Crippen LogP contribution < -0.4 is 0 Å². The van der Waals surface area contributed by atoms with Crippen molar-refractivity contribution in [3.63, 3.8) is 0 Å². The number of hydrogen-bond acceptors (Lipinski definition) is 1. The van der Waals surface area contributed by atoms with Gasteiger partial charge in [0.15, 0.2) is 5.60 Å². The van der Waals surface area contributed by atoms with Crippen LogP contribution in [0.25, 0.3) is 0 Å². The summed E-state index contributed by atoms with van der Waals surface area (Å²) in [5.74, 6) is -0.308. The molecule has 0 heterocycles. The van der Waals surface area contributed by atoms with Gasteiger partial charge in [0.25, 0.3) is 0 Å². The fourth-order valence-corrected chi connectivity index (χ4v) is 3.97. The first-order valence-electron chi connectivity index (χ1n) is 9.38. The SMILES string of the molecule is [O]OC(c1ccccc1)(c1ccccc1)C(c1ccccc1)c1ccccc1. The van der Waals surface area contributed by atoms with Crippen LogP contribution in [0.3, 0.4) is 0 Å². The lowest BCUT2D eigenvalue weighted by Crippen LogP contribution is -2.37. The van der Waals surface area contributed by atoms with Gasteiger partial charge in [-0.3, -0.25) is 0 Å². The molecule has 0 unspecified atom stereocenters. The highest BCUT2D eigenvalue weighted by atomic mass is 17.1. The molecule has 4 aromatic rings. The largest absolute Gasteiger partial charge is 0.186 e. The maximum absolute atomic E-state index is 12.6. The Hall–Kier alpha value is -3.20. The van der Waals surface area contributed by atoms with Crippen molar-refractivity contribution < 1.29 is 10.1 Å². The number of benzene rings is 4. The van der Waals surface area contributed by atoms with Crippen LogP contribution in [-0.2, 0) is 15.7 Å². The molecule has 4 rings (SSSR count). The van der Waals surface area contributed by atoms with E-state index in [2.05, 4.69) is 24.3 Å². The van der Waals surface area contributed by atoms with Crippen LogP contribution in [0.5, 0.6) is 0 Å². The second-order valence-corrected chi connectivity index (χ2v) is 6.81. The maximum atomic E-state index is 12.6. The Balaban J connectivity index is 2.05. The molecule has 0 saturated carbocycles. The third kappa shape index (κ3) is 3.24. The summed E-state index contributed by atoms with van der Waals surface area (Å²) in [6.07, 6.45) is 0. The highest BCUT2D eigenvalue weighted by Crippen LogP contribution is 2.48. The van der Waals surface area contributed by atoms with Crippen LogP contribution in [0.2, 0.25) is 0 Å². The van der Waals surface area contributed by atoms with E-state index in [4.69, 9.17) is 4.89 Å². The first-order chi connectivity index (χ1) is 13.9. The molecule has 0 N–H and O–H groups in total. The lowest BCUT2D eigenvalue weighted by Gasteiger charge is -2.38. The van der Waals surface area contributed by atoms with Gasteiger partial charge < -0.3 is 0 Å². The van der Waals surface area contributed by atoms with E-state index in [0.717, 1.165) is 22.3 Å². The normalized spacial score (nSPS) is 11.5. The third-order valence-electron chi connectivity index (χ3n) is 5.21. The van der Waals surface area contributed by atoms with Crippen LogP contribution in [0, 0.1) is 0 Å². The predicted octanol–water partition coefficient (Wildman–Crippen LogP) is 6.12. The van der Waals surface area contributed by atoms with Gasteiger partial charge in [-0.2, -0.15) is 4.89 Å². The Morgan fingerprint density at radius 3 is 1.14 bits per heavy atom. The molecule has 0 aliphatic carbocycles. The number of hydrogen-bond donors (Lipinski definition) is 0. The lowest BCUT2D eigenvalue weighted by atomic mass is 9.70. The summed E-state index contributed by atoms with van der Waals surface area (Å²) < 4.78 is 0. The molecule has 0 bridgehead atoms. The second-order valence-electron chi connectivity index (χ2n) is 6.81. The molecule has 0 spiro atoms. The van der Waals surface area contributed by atoms with E-state index < -0.39 is 5.60 Å². The van der Waals surface area contributed by atoms with E-state index in [1.165, 1.54) is 0 Å². The van der Waals surface area contributed by atoms with Gasteiger partial charge in [0.2, 0.25) is 0 Å². The zero-order valence-electron chi connectivity index (χ0n) is 15.4. The Morgan fingerprint density at radius 1 is 0.500 bits per heavy atom. The molecule has 28 heavy (non-hydrogen) atoms. The summed E-state index contributed by atoms with van der Waals surface area (Å²) in [6, 6.07) is 39.7. The van der Waals surface area contributed by atoms with Crippen molar-refractivity contribution in [1.82, 2.24) is 0 Å². The van der Waals surface area contributed by atoms with E-state index in [-0.39, 0.29) is 5.92 Å². The van der Waals surface area contributed by atoms with E-state index >= 15 is 0 Å². The van der Waals surface area contributed by atoms with Crippen molar-refractivity contribution in [3.8, 4) is 0 Å². The first-order valence-corrected chi connectivity index (χ1v) is 9.38. The summed E-state index contributed by atoms with van der Waals surface area (Å²) in [7, 11) is 0. The van der Waals surface area contributed by atoms with Gasteiger partial charge >= 0.3 is 0 Å². The summed E-state index contributed by atoms with van der Waals surface area (Å²) in [4.78, 5) is 5.23. The quantitative estimate of drug-likeness (QED) is 0.299. The summed E-state index contributed by atoms with van der Waals surface area (Å²) in [5, 5.41) is 12.6. The Bertz CT molecular complexity index is 905. The molecule has 0 atom stereocenters. The zero-order chi connectivity index (χ0) is 19.2. The van der Waals surface area contributed by atoms with Gasteiger partial charge in [-0.25, -0.2) is 0 Å². The van der Waals surface area contributed by atoms with E-state index in [0.29, 0.717) is 0 Å². The second kappa shape index (κ2) is 8.22. The van der Waals surface area contributed by atoms with Crippen molar-refractivity contribution in [2.45, 2.75) is 11.5 Å². The minimum atomic E-state index is -1.20. The highest BCUT2D eigenvalue weighted by Gasteiger charge is 2.46. The van der Waals surface area contributed by atoms with Crippen LogP contribution >= 0.6 is 0 Å². The molecule has 0 aromatic heterocycles. The van der Waals surface area contributed by atoms with Gasteiger partial charge in [-0.1, -0.05) is 121 Å². The zero-order valence-corrected chi connectivity index (χ0v) is 15.4. The summed E-state index contributed by atoms with van der Waals surface area (Å²) >= 11 is 0. The number of rotatable bonds is 6. The van der Waals surface area contributed by atoms with Crippen molar-refractivity contribution >= 4 is 0 Å². The molecule has 0 aliphatic rings. The Labute approximate surface area is 165 Å². The molecule has 0 amide bonds. The fourth-order valence-electron chi connectivity index (χ4n) is 3.97. The highest BCUT2D eigenvalue weighted by molar-refractivity contribution is 5.47. The van der Waals surface area contributed by atoms with Gasteiger partial charge in [-0.15, -0.1) is 0 Å². The Kier molecular flexibility index (Phi) is 5.34. The monoisotopic (exact) mass is 365 g/mol. The molecule has 1 radical (unpaired) electrons. The molecule has 0 aliphatic heterocycles. The molecule has 4 aromatic carbocycles. The van der Waals surface area contributed by atoms with Crippen molar-refractivity contribution in [3.05, 3.63) is 144 Å². The van der Waals surface area contributed by atoms with Crippen LogP contribution in [-0.4, -0.2) is 0 Å². The van der Waals surface area contributed by atoms with E-state index in [1.54, 1.807) is 0 Å². The van der Waals surface area contributed by atoms with Crippen LogP contribution in [0.1, 0.15) is 28.2 Å². The molecule has 2 heteroatoms. The van der Waals surface area contributed by atoms with Gasteiger partial charge in [0, 0.05) is 5.92 Å². The van der Waals surface area contributed by atoms with Crippen molar-refractivity contribution in [2.24, 2.45) is 0 Å². The molecular formula is C26H21O2. The van der Waals surface area contributed by atoms with E-state index in [9.17, 15) is 5.26 Å². The van der Waals surface area contributed by atoms with Crippen LogP contribution in [0.15, 0.2) is 121 Å². The van der Waals surface area contributed by atoms with Crippen LogP contribution in [0.4, 0.5) is 0 Å². The van der Waals surface area contributed by atoms with Crippen molar-refractivity contribution in [2.75, 3.05) is 0 Å². The van der Waals surface area contributed by atoms with Gasteiger partial charge in [-0.05, 0) is 27.5 Å². The average molecular weight is 365 g/mol. The molecular weight excluding hydrogens is 344 g/mol. The minimum absolute atomic E-state index is 0.308. The lowest BCUT2D eigenvalue weighted by molar-refractivity contribution is -0.371. The molecule has 0 fully saturated rings. The molecule has 0 saturated heterocycles. The van der Waals surface area contributed by atoms with Gasteiger partial charge in [0.05, 0.1) is 0 Å². The first kappa shape index (κ1) is 18.2.